The fourth-order valence-electron chi connectivity index (χ4n) is 5.08. The average molecular weight is 637 g/mol. The molecule has 2 atom stereocenters. The van der Waals surface area contributed by atoms with Crippen LogP contribution in [0.5, 0.6) is 0 Å². The number of aromatic nitrogens is 7. The molecular formula is C31H28N10O4S. The van der Waals surface area contributed by atoms with E-state index in [1.54, 1.807) is 61.7 Å². The van der Waals surface area contributed by atoms with E-state index in [0.29, 0.717) is 16.8 Å². The zero-order valence-corrected chi connectivity index (χ0v) is 25.7. The van der Waals surface area contributed by atoms with Crippen molar-refractivity contribution in [3.05, 3.63) is 106 Å². The Hall–Kier alpha value is -5.85. The van der Waals surface area contributed by atoms with Crippen molar-refractivity contribution in [2.75, 3.05) is 5.73 Å². The van der Waals surface area contributed by atoms with E-state index in [0.717, 1.165) is 0 Å². The maximum atomic E-state index is 14.3. The van der Waals surface area contributed by atoms with Gasteiger partial charge in [-0.1, -0.05) is 36.1 Å². The van der Waals surface area contributed by atoms with Crippen LogP contribution in [0.4, 0.5) is 5.82 Å². The number of sulfone groups is 1. The second kappa shape index (κ2) is 11.6. The summed E-state index contributed by atoms with van der Waals surface area (Å²) in [5.41, 5.74) is 13.0. The number of carbonyl (C=O) groups is 1. The Labute approximate surface area is 262 Å². The normalized spacial score (nSPS) is 12.9. The molecule has 4 aromatic heterocycles. The molecule has 0 fully saturated rings. The van der Waals surface area contributed by atoms with Gasteiger partial charge < -0.3 is 16.8 Å². The van der Waals surface area contributed by atoms with Crippen molar-refractivity contribution >= 4 is 38.1 Å². The topological polar surface area (TPSA) is 198 Å². The minimum Gasteiger partial charge on any atom is -0.381 e. The predicted molar refractivity (Wildman–Crippen MR) is 171 cm³/mol. The third kappa shape index (κ3) is 5.15. The fourth-order valence-corrected chi connectivity index (χ4v) is 6.26. The zero-order valence-electron chi connectivity index (χ0n) is 24.9. The van der Waals surface area contributed by atoms with Crippen molar-refractivity contribution in [3.63, 3.8) is 0 Å². The van der Waals surface area contributed by atoms with E-state index in [2.05, 4.69) is 32.3 Å². The van der Waals surface area contributed by atoms with Crippen LogP contribution in [-0.2, 0) is 16.9 Å². The van der Waals surface area contributed by atoms with Crippen LogP contribution in [0.1, 0.15) is 47.2 Å². The van der Waals surface area contributed by atoms with Crippen molar-refractivity contribution in [1.29, 1.82) is 0 Å². The van der Waals surface area contributed by atoms with Crippen LogP contribution >= 0.6 is 0 Å². The van der Waals surface area contributed by atoms with E-state index in [1.807, 2.05) is 6.07 Å². The number of hydrogen-bond acceptors (Lipinski definition) is 10. The number of aryl methyl sites for hydroxylation is 1. The Bertz CT molecular complexity index is 2380. The van der Waals surface area contributed by atoms with Crippen LogP contribution in [0.2, 0.25) is 0 Å². The van der Waals surface area contributed by atoms with Gasteiger partial charge in [-0.3, -0.25) is 18.8 Å². The van der Waals surface area contributed by atoms with Crippen molar-refractivity contribution in [2.45, 2.75) is 30.3 Å². The first kappa shape index (κ1) is 30.2. The van der Waals surface area contributed by atoms with Gasteiger partial charge in [0.25, 0.3) is 11.5 Å². The summed E-state index contributed by atoms with van der Waals surface area (Å²) in [4.78, 5) is 36.8. The van der Waals surface area contributed by atoms with Crippen molar-refractivity contribution in [1.82, 2.24) is 39.2 Å². The summed E-state index contributed by atoms with van der Waals surface area (Å²) in [6.07, 6.45) is 4.49. The SMILES string of the molecule is CC(NC(=O)c1c(N)nn2cccnc12)c1nc2cccc(C#Cc3cnn(C)c3S(=O)(=O)C(C)N)c2c(=O)n1-c1ccccc1. The van der Waals surface area contributed by atoms with E-state index in [4.69, 9.17) is 16.5 Å². The molecular weight excluding hydrogens is 608 g/mol. The minimum absolute atomic E-state index is 0.00373. The second-order valence-electron chi connectivity index (χ2n) is 10.5. The Morgan fingerprint density at radius 2 is 1.76 bits per heavy atom. The van der Waals surface area contributed by atoms with E-state index in [1.165, 1.54) is 40.1 Å². The molecule has 1 amide bonds. The van der Waals surface area contributed by atoms with Crippen LogP contribution < -0.4 is 22.3 Å². The van der Waals surface area contributed by atoms with Gasteiger partial charge in [-0.2, -0.15) is 5.10 Å². The first-order chi connectivity index (χ1) is 22.0. The number of fused-ring (bicyclic) bond motifs is 2. The number of hydrogen-bond donors (Lipinski definition) is 3. The molecule has 232 valence electrons. The second-order valence-corrected chi connectivity index (χ2v) is 12.7. The lowest BCUT2D eigenvalue weighted by molar-refractivity contribution is 0.0940. The number of nitrogens with one attached hydrogen (secondary N) is 1. The zero-order chi connectivity index (χ0) is 32.7. The Morgan fingerprint density at radius 1 is 1.02 bits per heavy atom. The summed E-state index contributed by atoms with van der Waals surface area (Å²) < 4.78 is 29.8. The third-order valence-electron chi connectivity index (χ3n) is 7.30. The van der Waals surface area contributed by atoms with E-state index >= 15 is 0 Å². The summed E-state index contributed by atoms with van der Waals surface area (Å²) in [6, 6.07) is 14.7. The van der Waals surface area contributed by atoms with Gasteiger partial charge >= 0.3 is 0 Å². The summed E-state index contributed by atoms with van der Waals surface area (Å²) in [6.45, 7) is 3.07. The monoisotopic (exact) mass is 636 g/mol. The number of amides is 1. The number of anilines is 1. The molecule has 0 spiro atoms. The molecule has 6 rings (SSSR count). The molecule has 0 aliphatic heterocycles. The van der Waals surface area contributed by atoms with Gasteiger partial charge in [0, 0.05) is 25.0 Å². The Kier molecular flexibility index (Phi) is 7.60. The highest BCUT2D eigenvalue weighted by atomic mass is 32.2. The molecule has 14 nitrogen and oxygen atoms in total. The summed E-state index contributed by atoms with van der Waals surface area (Å²) in [5, 5.41) is 10.0. The molecule has 0 aliphatic rings. The van der Waals surface area contributed by atoms with Gasteiger partial charge in [-0.25, -0.2) is 22.9 Å². The van der Waals surface area contributed by atoms with Gasteiger partial charge in [0.05, 0.1) is 34.4 Å². The quantitative estimate of drug-likeness (QED) is 0.226. The lowest BCUT2D eigenvalue weighted by atomic mass is 10.1. The van der Waals surface area contributed by atoms with Crippen LogP contribution in [0, 0.1) is 11.8 Å². The third-order valence-corrected chi connectivity index (χ3v) is 9.30. The number of nitrogens with zero attached hydrogens (tertiary/aromatic N) is 7. The average Bonchev–Trinajstić information content (AvgIpc) is 3.58. The van der Waals surface area contributed by atoms with E-state index in [9.17, 15) is 18.0 Å². The molecule has 15 heteroatoms. The van der Waals surface area contributed by atoms with Gasteiger partial charge in [0.1, 0.15) is 16.8 Å². The molecule has 0 aliphatic carbocycles. The lowest BCUT2D eigenvalue weighted by Crippen LogP contribution is -2.33. The van der Waals surface area contributed by atoms with Gasteiger partial charge in [-0.15, -0.1) is 5.10 Å². The molecule has 5 N–H and O–H groups in total. The fraction of sp³-hybridized carbons (Fsp3) is 0.161. The highest BCUT2D eigenvalue weighted by Gasteiger charge is 2.27. The molecule has 4 heterocycles. The first-order valence-corrected chi connectivity index (χ1v) is 15.6. The van der Waals surface area contributed by atoms with Gasteiger partial charge in [-0.05, 0) is 44.2 Å². The van der Waals surface area contributed by atoms with Gasteiger partial charge in [0.2, 0.25) is 9.84 Å². The molecule has 46 heavy (non-hydrogen) atoms. The summed E-state index contributed by atoms with van der Waals surface area (Å²) in [5.74, 6) is 5.53. The predicted octanol–water partition coefficient (Wildman–Crippen LogP) is 1.71. The minimum atomic E-state index is -3.90. The van der Waals surface area contributed by atoms with Crippen LogP contribution in [-0.4, -0.2) is 53.6 Å². The number of nitrogen functional groups attached to an aromatic ring is 1. The van der Waals surface area contributed by atoms with Crippen molar-refractivity contribution in [3.8, 4) is 17.5 Å². The molecule has 0 saturated heterocycles. The molecule has 6 aromatic rings. The van der Waals surface area contributed by atoms with Crippen LogP contribution in [0.25, 0.3) is 22.2 Å². The Morgan fingerprint density at radius 3 is 2.50 bits per heavy atom. The number of carbonyl (C=O) groups excluding carboxylic acids is 1. The molecule has 0 bridgehead atoms. The summed E-state index contributed by atoms with van der Waals surface area (Å²) in [7, 11) is -2.41. The Balaban J connectivity index is 1.48. The number of nitrogens with two attached hydrogens (primary N) is 2. The van der Waals surface area contributed by atoms with Crippen LogP contribution in [0.15, 0.2) is 83.0 Å². The highest BCUT2D eigenvalue weighted by Crippen LogP contribution is 2.23. The maximum absolute atomic E-state index is 14.3. The van der Waals surface area contributed by atoms with Gasteiger partial charge in [0.15, 0.2) is 16.5 Å². The number of para-hydroxylation sites is 1. The summed E-state index contributed by atoms with van der Waals surface area (Å²) >= 11 is 0. The maximum Gasteiger partial charge on any atom is 0.267 e. The molecule has 0 radical (unpaired) electrons. The lowest BCUT2D eigenvalue weighted by Gasteiger charge is -2.20. The van der Waals surface area contributed by atoms with Crippen molar-refractivity contribution in [2.24, 2.45) is 12.8 Å². The molecule has 0 saturated carbocycles. The standard InChI is InChI=1S/C31H28N10O4S/c1-18(36-29(42)25-26(33)38-40-16-8-15-34-28(25)40)27-37-23-12-7-9-20(24(23)30(43)41(27)22-10-5-4-6-11-22)13-14-21-17-35-39(3)31(21)46(44,45)19(2)32/h4-12,15-19H,32H2,1-3H3,(H2,33,38)(H,36,42). The van der Waals surface area contributed by atoms with Crippen molar-refractivity contribution < 1.29 is 13.2 Å². The number of benzene rings is 2. The highest BCUT2D eigenvalue weighted by molar-refractivity contribution is 7.92. The van der Waals surface area contributed by atoms with E-state index < -0.39 is 32.7 Å². The van der Waals surface area contributed by atoms with E-state index in [-0.39, 0.29) is 38.8 Å². The smallest absolute Gasteiger partial charge is 0.267 e. The van der Waals surface area contributed by atoms with Crippen LogP contribution in [0.3, 0.4) is 0 Å². The molecule has 2 unspecified atom stereocenters. The first-order valence-electron chi connectivity index (χ1n) is 14.0. The number of rotatable bonds is 6. The largest absolute Gasteiger partial charge is 0.381 e. The molecule has 2 aromatic carbocycles.